The molecular weight excluding hydrogens is 262 g/mol. The zero-order valence-electron chi connectivity index (χ0n) is 10.9. The Morgan fingerprint density at radius 1 is 1.32 bits per heavy atom. The van der Waals surface area contributed by atoms with E-state index in [9.17, 15) is 8.42 Å². The van der Waals surface area contributed by atoms with Gasteiger partial charge in [-0.3, -0.25) is 0 Å². The predicted octanol–water partition coefficient (Wildman–Crippen LogP) is 2.72. The van der Waals surface area contributed by atoms with Crippen molar-refractivity contribution in [3.63, 3.8) is 0 Å². The summed E-state index contributed by atoms with van der Waals surface area (Å²) in [5, 5.41) is 0. The van der Waals surface area contributed by atoms with Crippen molar-refractivity contribution in [1.29, 1.82) is 0 Å². The SMILES string of the molecule is CCC(C)c1ccc(S(=O)(=O)Nc2ncc[nH]2)cc1. The van der Waals surface area contributed by atoms with E-state index < -0.39 is 10.0 Å². The summed E-state index contributed by atoms with van der Waals surface area (Å²) in [5.74, 6) is 0.640. The van der Waals surface area contributed by atoms with E-state index in [2.05, 4.69) is 28.5 Å². The minimum absolute atomic E-state index is 0.214. The minimum atomic E-state index is -3.58. The van der Waals surface area contributed by atoms with Gasteiger partial charge in [0.15, 0.2) is 0 Å². The first kappa shape index (κ1) is 13.6. The first-order valence-electron chi connectivity index (χ1n) is 6.15. The number of hydrogen-bond donors (Lipinski definition) is 2. The largest absolute Gasteiger partial charge is 0.330 e. The van der Waals surface area contributed by atoms with Crippen LogP contribution in [-0.2, 0) is 10.0 Å². The molecule has 5 nitrogen and oxygen atoms in total. The standard InChI is InChI=1S/C13H17N3O2S/c1-3-10(2)11-4-6-12(7-5-11)19(17,18)16-13-14-8-9-15-13/h4-10H,3H2,1-2H3,(H2,14,15,16). The maximum atomic E-state index is 12.1. The summed E-state index contributed by atoms with van der Waals surface area (Å²) >= 11 is 0. The van der Waals surface area contributed by atoms with Crippen LogP contribution in [0.4, 0.5) is 5.95 Å². The van der Waals surface area contributed by atoms with Crippen molar-refractivity contribution in [1.82, 2.24) is 9.97 Å². The Morgan fingerprint density at radius 3 is 2.53 bits per heavy atom. The van der Waals surface area contributed by atoms with Gasteiger partial charge in [0.25, 0.3) is 10.0 Å². The summed E-state index contributed by atoms with van der Waals surface area (Å²) in [5.41, 5.74) is 1.14. The molecule has 102 valence electrons. The average molecular weight is 279 g/mol. The summed E-state index contributed by atoms with van der Waals surface area (Å²) in [6, 6.07) is 6.94. The smallest absolute Gasteiger partial charge is 0.264 e. The molecule has 0 saturated heterocycles. The Morgan fingerprint density at radius 2 is 2.00 bits per heavy atom. The molecule has 1 heterocycles. The lowest BCUT2D eigenvalue weighted by molar-refractivity contribution is 0.600. The quantitative estimate of drug-likeness (QED) is 0.883. The minimum Gasteiger partial charge on any atom is -0.330 e. The highest BCUT2D eigenvalue weighted by atomic mass is 32.2. The van der Waals surface area contributed by atoms with E-state index in [1.54, 1.807) is 18.3 Å². The van der Waals surface area contributed by atoms with E-state index in [0.717, 1.165) is 12.0 Å². The fourth-order valence-corrected chi connectivity index (χ4v) is 2.70. The first-order chi connectivity index (χ1) is 9.03. The summed E-state index contributed by atoms with van der Waals surface area (Å²) in [7, 11) is -3.58. The molecule has 0 radical (unpaired) electrons. The third-order valence-electron chi connectivity index (χ3n) is 3.10. The Bertz CT molecular complexity index is 618. The van der Waals surface area contributed by atoms with E-state index in [4.69, 9.17) is 0 Å². The van der Waals surface area contributed by atoms with E-state index in [1.165, 1.54) is 6.20 Å². The van der Waals surface area contributed by atoms with Crippen molar-refractivity contribution < 1.29 is 8.42 Å². The lowest BCUT2D eigenvalue weighted by Crippen LogP contribution is -2.14. The number of aromatic nitrogens is 2. The maximum absolute atomic E-state index is 12.1. The van der Waals surface area contributed by atoms with Crippen LogP contribution in [0.1, 0.15) is 31.7 Å². The van der Waals surface area contributed by atoms with Gasteiger partial charge < -0.3 is 4.98 Å². The van der Waals surface area contributed by atoms with Gasteiger partial charge in [0.2, 0.25) is 5.95 Å². The molecule has 1 unspecified atom stereocenters. The zero-order valence-corrected chi connectivity index (χ0v) is 11.7. The highest BCUT2D eigenvalue weighted by molar-refractivity contribution is 7.92. The molecule has 1 aromatic carbocycles. The summed E-state index contributed by atoms with van der Waals surface area (Å²) in [4.78, 5) is 6.77. The lowest BCUT2D eigenvalue weighted by Gasteiger charge is -2.10. The van der Waals surface area contributed by atoms with Gasteiger partial charge in [0, 0.05) is 12.4 Å². The molecule has 0 saturated carbocycles. The van der Waals surface area contributed by atoms with Gasteiger partial charge in [0.05, 0.1) is 4.90 Å². The number of sulfonamides is 1. The Labute approximate surface area is 113 Å². The highest BCUT2D eigenvalue weighted by Crippen LogP contribution is 2.21. The second-order valence-electron chi connectivity index (χ2n) is 4.42. The van der Waals surface area contributed by atoms with Crippen LogP contribution in [0.5, 0.6) is 0 Å². The third kappa shape index (κ3) is 3.14. The number of H-pyrrole nitrogens is 1. The van der Waals surface area contributed by atoms with Crippen LogP contribution in [0, 0.1) is 0 Å². The van der Waals surface area contributed by atoms with Crippen LogP contribution >= 0.6 is 0 Å². The number of nitrogens with zero attached hydrogens (tertiary/aromatic N) is 1. The molecule has 0 aliphatic carbocycles. The average Bonchev–Trinajstić information content (AvgIpc) is 2.90. The number of nitrogens with one attached hydrogen (secondary N) is 2. The van der Waals surface area contributed by atoms with Gasteiger partial charge in [-0.2, -0.15) is 0 Å². The van der Waals surface area contributed by atoms with Gasteiger partial charge in [-0.1, -0.05) is 26.0 Å². The molecule has 0 aliphatic heterocycles. The molecule has 0 aliphatic rings. The summed E-state index contributed by atoms with van der Waals surface area (Å²) < 4.78 is 26.5. The topological polar surface area (TPSA) is 74.8 Å². The normalized spacial score (nSPS) is 13.2. The maximum Gasteiger partial charge on any atom is 0.264 e. The molecule has 6 heteroatoms. The monoisotopic (exact) mass is 279 g/mol. The zero-order chi connectivity index (χ0) is 13.9. The molecule has 0 bridgehead atoms. The van der Waals surface area contributed by atoms with E-state index in [1.807, 2.05) is 12.1 Å². The van der Waals surface area contributed by atoms with Crippen molar-refractivity contribution in [3.05, 3.63) is 42.2 Å². The van der Waals surface area contributed by atoms with Crippen LogP contribution in [-0.4, -0.2) is 18.4 Å². The van der Waals surface area contributed by atoms with Gasteiger partial charge in [-0.15, -0.1) is 0 Å². The third-order valence-corrected chi connectivity index (χ3v) is 4.46. The summed E-state index contributed by atoms with van der Waals surface area (Å²) in [6.45, 7) is 4.22. The van der Waals surface area contributed by atoms with E-state index in [0.29, 0.717) is 5.92 Å². The van der Waals surface area contributed by atoms with Gasteiger partial charge >= 0.3 is 0 Å². The van der Waals surface area contributed by atoms with Crippen molar-refractivity contribution in [3.8, 4) is 0 Å². The Kier molecular flexibility index (Phi) is 3.90. The van der Waals surface area contributed by atoms with Crippen LogP contribution in [0.25, 0.3) is 0 Å². The van der Waals surface area contributed by atoms with Crippen molar-refractivity contribution in [2.45, 2.75) is 31.1 Å². The highest BCUT2D eigenvalue weighted by Gasteiger charge is 2.15. The molecule has 0 spiro atoms. The van der Waals surface area contributed by atoms with Crippen LogP contribution in [0.3, 0.4) is 0 Å². The summed E-state index contributed by atoms with van der Waals surface area (Å²) in [6.07, 6.45) is 4.07. The predicted molar refractivity (Wildman–Crippen MR) is 74.5 cm³/mol. The number of benzene rings is 1. The van der Waals surface area contributed by atoms with Crippen LogP contribution < -0.4 is 4.72 Å². The second-order valence-corrected chi connectivity index (χ2v) is 6.10. The molecule has 0 amide bonds. The van der Waals surface area contributed by atoms with Gasteiger partial charge in [-0.25, -0.2) is 18.1 Å². The molecule has 0 fully saturated rings. The van der Waals surface area contributed by atoms with Gasteiger partial charge in [0.1, 0.15) is 0 Å². The van der Waals surface area contributed by atoms with Crippen molar-refractivity contribution in [2.24, 2.45) is 0 Å². The molecule has 19 heavy (non-hydrogen) atoms. The number of hydrogen-bond acceptors (Lipinski definition) is 3. The number of rotatable bonds is 5. The van der Waals surface area contributed by atoms with Crippen molar-refractivity contribution >= 4 is 16.0 Å². The molecule has 2 rings (SSSR count). The lowest BCUT2D eigenvalue weighted by atomic mass is 9.99. The van der Waals surface area contributed by atoms with Crippen LogP contribution in [0.2, 0.25) is 0 Å². The molecular formula is C13H17N3O2S. The second kappa shape index (κ2) is 5.44. The molecule has 2 aromatic rings. The van der Waals surface area contributed by atoms with E-state index >= 15 is 0 Å². The van der Waals surface area contributed by atoms with Crippen LogP contribution in [0.15, 0.2) is 41.6 Å². The molecule has 1 aromatic heterocycles. The number of imidazole rings is 1. The molecule has 2 N–H and O–H groups in total. The van der Waals surface area contributed by atoms with Gasteiger partial charge in [-0.05, 0) is 30.0 Å². The number of anilines is 1. The Hall–Kier alpha value is -1.82. The van der Waals surface area contributed by atoms with E-state index in [-0.39, 0.29) is 10.8 Å². The van der Waals surface area contributed by atoms with Crippen molar-refractivity contribution in [2.75, 3.05) is 4.72 Å². The fourth-order valence-electron chi connectivity index (χ4n) is 1.72. The number of aromatic amines is 1. The first-order valence-corrected chi connectivity index (χ1v) is 7.63. The molecule has 1 atom stereocenters. The Balaban J connectivity index is 2.21. The fraction of sp³-hybridized carbons (Fsp3) is 0.308.